The number of hydrogen-bond donors (Lipinski definition) is 2. The summed E-state index contributed by atoms with van der Waals surface area (Å²) in [5, 5.41) is 4.08. The molecule has 32 heavy (non-hydrogen) atoms. The molecule has 0 fully saturated rings. The zero-order valence-corrected chi connectivity index (χ0v) is 18.2. The molecule has 2 heterocycles. The van der Waals surface area contributed by atoms with Crippen molar-refractivity contribution in [1.82, 2.24) is 19.9 Å². The van der Waals surface area contributed by atoms with Crippen LogP contribution in [0.25, 0.3) is 27.9 Å². The van der Waals surface area contributed by atoms with Crippen LogP contribution in [0.4, 0.5) is 5.82 Å². The van der Waals surface area contributed by atoms with Crippen LogP contribution >= 0.6 is 23.2 Å². The van der Waals surface area contributed by atoms with E-state index in [1.54, 1.807) is 22.8 Å². The Labute approximate surface area is 193 Å². The van der Waals surface area contributed by atoms with Gasteiger partial charge in [-0.25, -0.2) is 9.97 Å². The minimum Gasteiger partial charge on any atom is -0.384 e. The third-order valence-electron chi connectivity index (χ3n) is 5.21. The second-order valence-electron chi connectivity index (χ2n) is 7.23. The monoisotopic (exact) mass is 461 g/mol. The molecule has 0 atom stereocenters. The molecular weight excluding hydrogens is 445 g/mol. The van der Waals surface area contributed by atoms with Crippen LogP contribution in [0.2, 0.25) is 10.0 Å². The van der Waals surface area contributed by atoms with Crippen molar-refractivity contribution in [3.63, 3.8) is 0 Å². The Morgan fingerprint density at radius 1 is 0.906 bits per heavy atom. The molecule has 3 N–H and O–H groups in total. The number of carbonyl (C=O) groups excluding carboxylic acids is 1. The average molecular weight is 462 g/mol. The molecule has 0 aliphatic heterocycles. The van der Waals surface area contributed by atoms with Gasteiger partial charge in [0, 0.05) is 22.3 Å². The van der Waals surface area contributed by atoms with E-state index in [0.29, 0.717) is 32.2 Å². The lowest BCUT2D eigenvalue weighted by atomic mass is 10.2. The van der Waals surface area contributed by atoms with E-state index in [1.165, 1.54) is 0 Å². The maximum atomic E-state index is 13.3. The second-order valence-corrected chi connectivity index (χ2v) is 8.07. The molecular formula is C24H17Cl2N5O. The lowest BCUT2D eigenvalue weighted by Gasteiger charge is -2.09. The van der Waals surface area contributed by atoms with Gasteiger partial charge in [-0.15, -0.1) is 0 Å². The Kier molecular flexibility index (Phi) is 5.17. The molecule has 0 saturated heterocycles. The van der Waals surface area contributed by atoms with Crippen molar-refractivity contribution in [2.45, 2.75) is 6.54 Å². The van der Waals surface area contributed by atoms with Crippen LogP contribution in [0.1, 0.15) is 15.9 Å². The number of amides is 1. The molecule has 6 nitrogen and oxygen atoms in total. The summed E-state index contributed by atoms with van der Waals surface area (Å²) < 4.78 is 1.72. The number of fused-ring (bicyclic) bond motifs is 2. The van der Waals surface area contributed by atoms with Crippen LogP contribution in [-0.4, -0.2) is 20.4 Å². The Morgan fingerprint density at radius 2 is 1.56 bits per heavy atom. The fourth-order valence-corrected chi connectivity index (χ4v) is 3.97. The van der Waals surface area contributed by atoms with Crippen molar-refractivity contribution in [3.05, 3.63) is 94.0 Å². The molecule has 3 aromatic carbocycles. The third-order valence-corrected chi connectivity index (χ3v) is 5.83. The third kappa shape index (κ3) is 3.53. The van der Waals surface area contributed by atoms with Crippen molar-refractivity contribution in [2.75, 3.05) is 5.73 Å². The number of nitrogens with two attached hydrogens (primary N) is 1. The van der Waals surface area contributed by atoms with Gasteiger partial charge >= 0.3 is 0 Å². The summed E-state index contributed by atoms with van der Waals surface area (Å²) in [6.07, 6.45) is 0. The predicted molar refractivity (Wildman–Crippen MR) is 128 cm³/mol. The van der Waals surface area contributed by atoms with Crippen molar-refractivity contribution in [2.24, 2.45) is 0 Å². The highest BCUT2D eigenvalue weighted by Gasteiger charge is 2.24. The van der Waals surface area contributed by atoms with Gasteiger partial charge in [0.1, 0.15) is 16.9 Å². The number of aromatic nitrogens is 3. The second kappa shape index (κ2) is 8.15. The van der Waals surface area contributed by atoms with Crippen LogP contribution in [0.3, 0.4) is 0 Å². The molecule has 0 aliphatic rings. The van der Waals surface area contributed by atoms with E-state index in [4.69, 9.17) is 38.9 Å². The van der Waals surface area contributed by atoms with Crippen molar-refractivity contribution in [3.8, 4) is 5.69 Å². The molecule has 2 aromatic heterocycles. The number of rotatable bonds is 4. The molecule has 1 amide bonds. The zero-order valence-electron chi connectivity index (χ0n) is 16.7. The van der Waals surface area contributed by atoms with Crippen LogP contribution < -0.4 is 11.1 Å². The zero-order chi connectivity index (χ0) is 22.2. The molecule has 5 aromatic rings. The van der Waals surface area contributed by atoms with E-state index in [2.05, 4.69) is 5.32 Å². The van der Waals surface area contributed by atoms with E-state index in [0.717, 1.165) is 11.3 Å². The molecule has 158 valence electrons. The van der Waals surface area contributed by atoms with Crippen LogP contribution in [-0.2, 0) is 6.54 Å². The highest BCUT2D eigenvalue weighted by Crippen LogP contribution is 2.31. The van der Waals surface area contributed by atoms with E-state index in [1.807, 2.05) is 54.6 Å². The first-order chi connectivity index (χ1) is 15.5. The van der Waals surface area contributed by atoms with Gasteiger partial charge < -0.3 is 11.1 Å². The van der Waals surface area contributed by atoms with Gasteiger partial charge in [0.2, 0.25) is 0 Å². The minimum absolute atomic E-state index is 0.245. The fourth-order valence-electron chi connectivity index (χ4n) is 3.64. The number of nitrogens with one attached hydrogen (secondary N) is 1. The number of benzene rings is 3. The van der Waals surface area contributed by atoms with Crippen molar-refractivity contribution >= 4 is 57.1 Å². The minimum atomic E-state index is -0.357. The normalized spacial score (nSPS) is 11.2. The molecule has 0 spiro atoms. The van der Waals surface area contributed by atoms with E-state index >= 15 is 0 Å². The first kappa shape index (κ1) is 20.3. The van der Waals surface area contributed by atoms with Crippen molar-refractivity contribution in [1.29, 1.82) is 0 Å². The number of hydrogen-bond acceptors (Lipinski definition) is 4. The number of halogens is 2. The SMILES string of the molecule is Nc1c(C(=O)NCc2ccccc2Cl)c2nc3ccccc3nc2n1-c1ccc(Cl)cc1. The molecule has 0 bridgehead atoms. The first-order valence-corrected chi connectivity index (χ1v) is 10.6. The summed E-state index contributed by atoms with van der Waals surface area (Å²) in [5.41, 5.74) is 10.6. The lowest BCUT2D eigenvalue weighted by molar-refractivity contribution is 0.0953. The standard InChI is InChI=1S/C24H17Cl2N5O/c25-15-9-11-16(12-10-15)31-22(27)20(24(32)28-13-14-5-1-2-6-17(14)26)21-23(31)30-19-8-4-3-7-18(19)29-21/h1-12H,13,27H2,(H,28,32). The Balaban J connectivity index is 1.66. The summed E-state index contributed by atoms with van der Waals surface area (Å²) in [4.78, 5) is 22.7. The van der Waals surface area contributed by atoms with Gasteiger partial charge in [-0.3, -0.25) is 9.36 Å². The summed E-state index contributed by atoms with van der Waals surface area (Å²) in [6, 6.07) is 22.0. The van der Waals surface area contributed by atoms with Crippen LogP contribution in [0.5, 0.6) is 0 Å². The highest BCUT2D eigenvalue weighted by molar-refractivity contribution is 6.31. The van der Waals surface area contributed by atoms with Gasteiger partial charge in [0.25, 0.3) is 5.91 Å². The molecule has 0 unspecified atom stereocenters. The molecule has 0 aliphatic carbocycles. The number of nitrogen functional groups attached to an aromatic ring is 1. The van der Waals surface area contributed by atoms with Gasteiger partial charge in [-0.05, 0) is 48.0 Å². The largest absolute Gasteiger partial charge is 0.384 e. The van der Waals surface area contributed by atoms with Crippen LogP contribution in [0, 0.1) is 0 Å². The van der Waals surface area contributed by atoms with Crippen molar-refractivity contribution < 1.29 is 4.79 Å². The quantitative estimate of drug-likeness (QED) is 0.375. The number of para-hydroxylation sites is 2. The molecule has 8 heteroatoms. The van der Waals surface area contributed by atoms with E-state index in [-0.39, 0.29) is 23.8 Å². The van der Waals surface area contributed by atoms with Crippen LogP contribution in [0.15, 0.2) is 72.8 Å². The smallest absolute Gasteiger partial charge is 0.257 e. The highest BCUT2D eigenvalue weighted by atomic mass is 35.5. The fraction of sp³-hybridized carbons (Fsp3) is 0.0417. The summed E-state index contributed by atoms with van der Waals surface area (Å²) in [5.74, 6) is -0.112. The molecule has 5 rings (SSSR count). The Morgan fingerprint density at radius 3 is 2.28 bits per heavy atom. The topological polar surface area (TPSA) is 85.8 Å². The predicted octanol–water partition coefficient (Wildman–Crippen LogP) is 5.39. The molecule has 0 saturated carbocycles. The van der Waals surface area contributed by atoms with E-state index in [9.17, 15) is 4.79 Å². The molecule has 0 radical (unpaired) electrons. The number of anilines is 1. The lowest BCUT2D eigenvalue weighted by Crippen LogP contribution is -2.24. The Bertz CT molecular complexity index is 1480. The first-order valence-electron chi connectivity index (χ1n) is 9.87. The number of carbonyl (C=O) groups is 1. The van der Waals surface area contributed by atoms with Gasteiger partial charge in [0.05, 0.1) is 11.0 Å². The van der Waals surface area contributed by atoms with Gasteiger partial charge in [-0.1, -0.05) is 53.5 Å². The average Bonchev–Trinajstić information content (AvgIpc) is 3.08. The van der Waals surface area contributed by atoms with E-state index < -0.39 is 0 Å². The van der Waals surface area contributed by atoms with Gasteiger partial charge in [0.15, 0.2) is 5.65 Å². The maximum Gasteiger partial charge on any atom is 0.257 e. The summed E-state index contributed by atoms with van der Waals surface area (Å²) in [7, 11) is 0. The summed E-state index contributed by atoms with van der Waals surface area (Å²) in [6.45, 7) is 0.257. The van der Waals surface area contributed by atoms with Gasteiger partial charge in [-0.2, -0.15) is 0 Å². The summed E-state index contributed by atoms with van der Waals surface area (Å²) >= 11 is 12.3. The Hall–Kier alpha value is -3.61. The maximum absolute atomic E-state index is 13.3. The number of nitrogens with zero attached hydrogens (tertiary/aromatic N) is 3.